The summed E-state index contributed by atoms with van der Waals surface area (Å²) in [6.07, 6.45) is 4.41. The summed E-state index contributed by atoms with van der Waals surface area (Å²) < 4.78 is 41.4. The van der Waals surface area contributed by atoms with E-state index in [0.717, 1.165) is 17.9 Å². The molecule has 0 aromatic heterocycles. The summed E-state index contributed by atoms with van der Waals surface area (Å²) in [5.41, 5.74) is 3.72. The van der Waals surface area contributed by atoms with E-state index in [-0.39, 0.29) is 5.75 Å². The smallest absolute Gasteiger partial charge is 0.422 e. The largest absolute Gasteiger partial charge is 0.484 e. The van der Waals surface area contributed by atoms with Crippen molar-refractivity contribution < 1.29 is 17.9 Å². The quantitative estimate of drug-likeness (QED) is 0.482. The van der Waals surface area contributed by atoms with Crippen molar-refractivity contribution in [2.45, 2.75) is 64.0 Å². The maximum atomic E-state index is 12.2. The van der Waals surface area contributed by atoms with Gasteiger partial charge in [-0.3, -0.25) is 0 Å². The first-order chi connectivity index (χ1) is 13.4. The molecule has 0 N–H and O–H groups in total. The van der Waals surface area contributed by atoms with E-state index >= 15 is 0 Å². The van der Waals surface area contributed by atoms with Crippen LogP contribution in [-0.4, -0.2) is 12.8 Å². The number of ether oxygens (including phenoxy) is 1. The maximum Gasteiger partial charge on any atom is 0.422 e. The Balaban J connectivity index is 1.52. The highest BCUT2D eigenvalue weighted by molar-refractivity contribution is 5.33. The molecule has 0 unspecified atom stereocenters. The second-order valence-electron chi connectivity index (χ2n) is 7.97. The molecule has 0 heterocycles. The second-order valence-corrected chi connectivity index (χ2v) is 7.97. The van der Waals surface area contributed by atoms with E-state index in [0.29, 0.717) is 5.92 Å². The lowest BCUT2D eigenvalue weighted by molar-refractivity contribution is -0.153. The summed E-state index contributed by atoms with van der Waals surface area (Å²) in [5.74, 6) is 1.85. The molecule has 1 aliphatic rings. The molecule has 0 radical (unpaired) electrons. The molecule has 0 atom stereocenters. The lowest BCUT2D eigenvalue weighted by atomic mass is 9.77. The molecule has 0 bridgehead atoms. The van der Waals surface area contributed by atoms with Crippen LogP contribution in [0.5, 0.6) is 5.75 Å². The van der Waals surface area contributed by atoms with Gasteiger partial charge in [-0.25, -0.2) is 0 Å². The fourth-order valence-electron chi connectivity index (χ4n) is 4.20. The second kappa shape index (κ2) is 9.49. The van der Waals surface area contributed by atoms with Crippen molar-refractivity contribution in [3.8, 4) is 5.75 Å². The van der Waals surface area contributed by atoms with Gasteiger partial charge in [-0.05, 0) is 72.8 Å². The van der Waals surface area contributed by atoms with Gasteiger partial charge in [0.15, 0.2) is 6.61 Å². The van der Waals surface area contributed by atoms with E-state index in [1.54, 1.807) is 12.1 Å². The minimum atomic E-state index is -4.31. The highest BCUT2D eigenvalue weighted by Gasteiger charge is 2.28. The summed E-state index contributed by atoms with van der Waals surface area (Å²) in [6.45, 7) is 1.02. The number of hydrogen-bond acceptors (Lipinski definition) is 1. The molecule has 4 heteroatoms. The third-order valence-electron chi connectivity index (χ3n) is 5.73. The minimum absolute atomic E-state index is 0.245. The van der Waals surface area contributed by atoms with Crippen LogP contribution < -0.4 is 4.74 Å². The SMILES string of the molecule is CCCC1CCC(c2ccc(Cc3ccc(OCC(F)(F)F)cc3)cc2)CC1. The summed E-state index contributed by atoms with van der Waals surface area (Å²) in [5, 5.41) is 0. The molecule has 0 spiro atoms. The Morgan fingerprint density at radius 3 is 1.96 bits per heavy atom. The minimum Gasteiger partial charge on any atom is -0.484 e. The molecule has 2 aromatic carbocycles. The molecular weight excluding hydrogens is 361 g/mol. The average molecular weight is 390 g/mol. The van der Waals surface area contributed by atoms with E-state index in [1.807, 2.05) is 12.1 Å². The van der Waals surface area contributed by atoms with Gasteiger partial charge < -0.3 is 4.74 Å². The van der Waals surface area contributed by atoms with Gasteiger partial charge in [0.1, 0.15) is 5.75 Å². The molecule has 1 aliphatic carbocycles. The van der Waals surface area contributed by atoms with Crippen molar-refractivity contribution in [1.82, 2.24) is 0 Å². The van der Waals surface area contributed by atoms with Gasteiger partial charge in [-0.15, -0.1) is 0 Å². The van der Waals surface area contributed by atoms with Gasteiger partial charge >= 0.3 is 6.18 Å². The molecule has 1 fully saturated rings. The van der Waals surface area contributed by atoms with Gasteiger partial charge in [-0.2, -0.15) is 13.2 Å². The molecule has 3 rings (SSSR count). The van der Waals surface area contributed by atoms with Gasteiger partial charge in [0.2, 0.25) is 0 Å². The first-order valence-electron chi connectivity index (χ1n) is 10.3. The number of benzene rings is 2. The van der Waals surface area contributed by atoms with Crippen molar-refractivity contribution in [1.29, 1.82) is 0 Å². The average Bonchev–Trinajstić information content (AvgIpc) is 2.68. The zero-order valence-electron chi connectivity index (χ0n) is 16.5. The maximum absolute atomic E-state index is 12.2. The van der Waals surface area contributed by atoms with Crippen LogP contribution in [0.3, 0.4) is 0 Å². The number of hydrogen-bond donors (Lipinski definition) is 0. The number of rotatable bonds is 7. The standard InChI is InChI=1S/C24H29F3O/c1-2-3-18-4-10-21(11-5-18)22-12-6-19(7-13-22)16-20-8-14-23(15-9-20)28-17-24(25,26)27/h6-9,12-15,18,21H,2-5,10-11,16-17H2,1H3. The Morgan fingerprint density at radius 2 is 1.43 bits per heavy atom. The highest BCUT2D eigenvalue weighted by atomic mass is 19.4. The lowest BCUT2D eigenvalue weighted by Crippen LogP contribution is -2.19. The predicted octanol–water partition coefficient (Wildman–Crippen LogP) is 7.29. The third-order valence-corrected chi connectivity index (χ3v) is 5.73. The van der Waals surface area contributed by atoms with Crippen molar-refractivity contribution in [3.63, 3.8) is 0 Å². The summed E-state index contributed by atoms with van der Waals surface area (Å²) >= 11 is 0. The number of alkyl halides is 3. The molecule has 0 saturated heterocycles. The van der Waals surface area contributed by atoms with Crippen LogP contribution in [0.15, 0.2) is 48.5 Å². The van der Waals surface area contributed by atoms with Crippen LogP contribution in [-0.2, 0) is 6.42 Å². The Hall–Kier alpha value is -1.97. The van der Waals surface area contributed by atoms with E-state index < -0.39 is 12.8 Å². The van der Waals surface area contributed by atoms with E-state index in [9.17, 15) is 13.2 Å². The van der Waals surface area contributed by atoms with E-state index in [4.69, 9.17) is 4.74 Å². The first kappa shape index (κ1) is 20.8. The molecule has 152 valence electrons. The zero-order chi connectivity index (χ0) is 20.0. The van der Waals surface area contributed by atoms with Crippen LogP contribution in [0.25, 0.3) is 0 Å². The molecule has 1 saturated carbocycles. The van der Waals surface area contributed by atoms with Gasteiger partial charge in [-0.1, -0.05) is 56.2 Å². The van der Waals surface area contributed by atoms with Crippen LogP contribution in [0, 0.1) is 5.92 Å². The Kier molecular flexibility index (Phi) is 7.03. The fraction of sp³-hybridized carbons (Fsp3) is 0.500. The van der Waals surface area contributed by atoms with E-state index in [1.165, 1.54) is 49.7 Å². The highest BCUT2D eigenvalue weighted by Crippen LogP contribution is 2.37. The summed E-state index contributed by atoms with van der Waals surface area (Å²) in [7, 11) is 0. The van der Waals surface area contributed by atoms with Crippen molar-refractivity contribution in [3.05, 3.63) is 65.2 Å². The zero-order valence-corrected chi connectivity index (χ0v) is 16.5. The first-order valence-corrected chi connectivity index (χ1v) is 10.3. The lowest BCUT2D eigenvalue weighted by Gasteiger charge is -2.28. The van der Waals surface area contributed by atoms with Gasteiger partial charge in [0.05, 0.1) is 0 Å². The van der Waals surface area contributed by atoms with Crippen molar-refractivity contribution in [2.24, 2.45) is 5.92 Å². The Labute approximate surface area is 165 Å². The van der Waals surface area contributed by atoms with Gasteiger partial charge in [0.25, 0.3) is 0 Å². The Morgan fingerprint density at radius 1 is 0.857 bits per heavy atom. The fourth-order valence-corrected chi connectivity index (χ4v) is 4.20. The van der Waals surface area contributed by atoms with Crippen molar-refractivity contribution in [2.75, 3.05) is 6.61 Å². The van der Waals surface area contributed by atoms with Gasteiger partial charge in [0, 0.05) is 0 Å². The molecule has 0 aliphatic heterocycles. The summed E-state index contributed by atoms with van der Waals surface area (Å²) in [6, 6.07) is 15.7. The van der Waals surface area contributed by atoms with Crippen LogP contribution in [0.2, 0.25) is 0 Å². The molecule has 0 amide bonds. The normalized spacial score (nSPS) is 20.1. The number of halogens is 3. The monoisotopic (exact) mass is 390 g/mol. The predicted molar refractivity (Wildman–Crippen MR) is 107 cm³/mol. The molecule has 2 aromatic rings. The van der Waals surface area contributed by atoms with Crippen molar-refractivity contribution >= 4 is 0 Å². The molecular formula is C24H29F3O. The third kappa shape index (κ3) is 6.29. The van der Waals surface area contributed by atoms with Crippen LogP contribution in [0.4, 0.5) is 13.2 Å². The molecule has 28 heavy (non-hydrogen) atoms. The molecule has 1 nitrogen and oxygen atoms in total. The van der Waals surface area contributed by atoms with E-state index in [2.05, 4.69) is 31.2 Å². The van der Waals surface area contributed by atoms with Crippen LogP contribution >= 0.6 is 0 Å². The summed E-state index contributed by atoms with van der Waals surface area (Å²) in [4.78, 5) is 0. The Bertz CT molecular complexity index is 711. The topological polar surface area (TPSA) is 9.23 Å². The van der Waals surface area contributed by atoms with Crippen LogP contribution in [0.1, 0.15) is 68.1 Å².